The molecular formula is C25H32N2O4. The van der Waals surface area contributed by atoms with Crippen LogP contribution in [0, 0.1) is 5.92 Å². The number of para-hydroxylation sites is 2. The van der Waals surface area contributed by atoms with Gasteiger partial charge in [0.25, 0.3) is 0 Å². The van der Waals surface area contributed by atoms with Crippen LogP contribution in [0.2, 0.25) is 0 Å². The first kappa shape index (κ1) is 22.7. The smallest absolute Gasteiger partial charge is 0.225 e. The van der Waals surface area contributed by atoms with Gasteiger partial charge < -0.3 is 19.7 Å². The lowest BCUT2D eigenvalue weighted by atomic mass is 9.83. The Labute approximate surface area is 184 Å². The van der Waals surface area contributed by atoms with Crippen molar-refractivity contribution >= 4 is 11.8 Å². The standard InChI is InChI=1S/C25H32N2O4/c1-4-5-16-27-23(28)15-14-20(24(27)19-11-7-9-13-22(19)31-3)25(29)26-17-18-10-6-8-12-21(18)30-2/h6-13,20,24H,4-5,14-17H2,1-3H3,(H,26,29)/t20-,24+/m0/s1. The van der Waals surface area contributed by atoms with Crippen LogP contribution >= 0.6 is 0 Å². The zero-order valence-electron chi connectivity index (χ0n) is 18.6. The topological polar surface area (TPSA) is 67.9 Å². The molecule has 1 fully saturated rings. The van der Waals surface area contributed by atoms with E-state index in [0.29, 0.717) is 31.7 Å². The van der Waals surface area contributed by atoms with Crippen LogP contribution in [0.1, 0.15) is 49.8 Å². The molecule has 3 rings (SSSR count). The number of carbonyl (C=O) groups excluding carboxylic acids is 2. The number of hydrogen-bond acceptors (Lipinski definition) is 4. The second-order valence-electron chi connectivity index (χ2n) is 7.80. The van der Waals surface area contributed by atoms with Gasteiger partial charge in [0.15, 0.2) is 0 Å². The van der Waals surface area contributed by atoms with E-state index >= 15 is 0 Å². The quantitative estimate of drug-likeness (QED) is 0.658. The molecule has 0 bridgehead atoms. The third kappa shape index (κ3) is 5.19. The number of nitrogens with one attached hydrogen (secondary N) is 1. The van der Waals surface area contributed by atoms with Crippen LogP contribution in [0.5, 0.6) is 11.5 Å². The third-order valence-electron chi connectivity index (χ3n) is 5.90. The minimum atomic E-state index is -0.347. The average Bonchev–Trinajstić information content (AvgIpc) is 2.81. The summed E-state index contributed by atoms with van der Waals surface area (Å²) < 4.78 is 11.0. The van der Waals surface area contributed by atoms with Gasteiger partial charge in [0.05, 0.1) is 26.2 Å². The van der Waals surface area contributed by atoms with E-state index in [1.54, 1.807) is 14.2 Å². The Hall–Kier alpha value is -3.02. The molecule has 0 unspecified atom stereocenters. The van der Waals surface area contributed by atoms with Crippen molar-refractivity contribution in [3.05, 3.63) is 59.7 Å². The van der Waals surface area contributed by atoms with Crippen molar-refractivity contribution in [3.8, 4) is 11.5 Å². The highest BCUT2D eigenvalue weighted by molar-refractivity contribution is 5.85. The summed E-state index contributed by atoms with van der Waals surface area (Å²) in [6, 6.07) is 15.0. The number of benzene rings is 2. The van der Waals surface area contributed by atoms with Crippen molar-refractivity contribution in [1.29, 1.82) is 0 Å². The van der Waals surface area contributed by atoms with E-state index in [-0.39, 0.29) is 23.8 Å². The molecule has 1 saturated heterocycles. The van der Waals surface area contributed by atoms with Gasteiger partial charge in [0.2, 0.25) is 11.8 Å². The average molecular weight is 425 g/mol. The number of ether oxygens (including phenoxy) is 2. The summed E-state index contributed by atoms with van der Waals surface area (Å²) in [5.74, 6) is 1.13. The highest BCUT2D eigenvalue weighted by atomic mass is 16.5. The van der Waals surface area contributed by atoms with Crippen molar-refractivity contribution in [2.75, 3.05) is 20.8 Å². The second kappa shape index (κ2) is 10.8. The van der Waals surface area contributed by atoms with E-state index in [2.05, 4.69) is 12.2 Å². The molecule has 2 aromatic carbocycles. The Morgan fingerprint density at radius 1 is 1.06 bits per heavy atom. The molecule has 0 saturated carbocycles. The van der Waals surface area contributed by atoms with Crippen LogP contribution in [-0.4, -0.2) is 37.5 Å². The molecule has 0 aromatic heterocycles. The molecule has 2 atom stereocenters. The maximum Gasteiger partial charge on any atom is 0.225 e. The van der Waals surface area contributed by atoms with Gasteiger partial charge in [0, 0.05) is 30.6 Å². The van der Waals surface area contributed by atoms with Crippen molar-refractivity contribution < 1.29 is 19.1 Å². The molecule has 166 valence electrons. The lowest BCUT2D eigenvalue weighted by Gasteiger charge is -2.41. The SMILES string of the molecule is CCCCN1C(=O)CC[C@H](C(=O)NCc2ccccc2OC)[C@H]1c1ccccc1OC. The van der Waals surface area contributed by atoms with Gasteiger partial charge in [-0.25, -0.2) is 0 Å². The van der Waals surface area contributed by atoms with Gasteiger partial charge in [-0.3, -0.25) is 9.59 Å². The van der Waals surface area contributed by atoms with Crippen LogP contribution in [0.4, 0.5) is 0 Å². The minimum Gasteiger partial charge on any atom is -0.496 e. The first-order valence-electron chi connectivity index (χ1n) is 10.9. The normalized spacial score (nSPS) is 18.5. The molecule has 1 aliphatic heterocycles. The molecule has 0 radical (unpaired) electrons. The Kier molecular flexibility index (Phi) is 7.93. The molecule has 1 N–H and O–H groups in total. The molecule has 2 amide bonds. The van der Waals surface area contributed by atoms with Gasteiger partial charge in [-0.05, 0) is 25.0 Å². The molecule has 1 aliphatic rings. The van der Waals surface area contributed by atoms with Crippen LogP contribution in [0.25, 0.3) is 0 Å². The van der Waals surface area contributed by atoms with Crippen LogP contribution in [0.3, 0.4) is 0 Å². The molecular weight excluding hydrogens is 392 g/mol. The lowest BCUT2D eigenvalue weighted by molar-refractivity contribution is -0.143. The van der Waals surface area contributed by atoms with Gasteiger partial charge in [-0.1, -0.05) is 49.7 Å². The molecule has 6 heteroatoms. The minimum absolute atomic E-state index is 0.0594. The van der Waals surface area contributed by atoms with E-state index in [1.165, 1.54) is 0 Å². The molecule has 2 aromatic rings. The van der Waals surface area contributed by atoms with Gasteiger partial charge in [0.1, 0.15) is 11.5 Å². The van der Waals surface area contributed by atoms with Crippen LogP contribution in [0.15, 0.2) is 48.5 Å². The van der Waals surface area contributed by atoms with Gasteiger partial charge >= 0.3 is 0 Å². The predicted molar refractivity (Wildman–Crippen MR) is 120 cm³/mol. The van der Waals surface area contributed by atoms with Gasteiger partial charge in [-0.2, -0.15) is 0 Å². The summed E-state index contributed by atoms with van der Waals surface area (Å²) in [5.41, 5.74) is 1.80. The largest absolute Gasteiger partial charge is 0.496 e. The number of nitrogens with zero attached hydrogens (tertiary/aromatic N) is 1. The summed E-state index contributed by atoms with van der Waals surface area (Å²) in [6.45, 7) is 3.11. The summed E-state index contributed by atoms with van der Waals surface area (Å²) in [4.78, 5) is 28.1. The molecule has 1 heterocycles. The Morgan fingerprint density at radius 3 is 2.45 bits per heavy atom. The maximum absolute atomic E-state index is 13.3. The van der Waals surface area contributed by atoms with E-state index in [1.807, 2.05) is 53.4 Å². The van der Waals surface area contributed by atoms with Crippen molar-refractivity contribution in [3.63, 3.8) is 0 Å². The van der Waals surface area contributed by atoms with Crippen molar-refractivity contribution in [2.45, 2.75) is 45.2 Å². The first-order valence-corrected chi connectivity index (χ1v) is 10.9. The summed E-state index contributed by atoms with van der Waals surface area (Å²) in [5, 5.41) is 3.07. The van der Waals surface area contributed by atoms with E-state index in [4.69, 9.17) is 9.47 Å². The Bertz CT molecular complexity index is 899. The zero-order valence-corrected chi connectivity index (χ0v) is 18.6. The van der Waals surface area contributed by atoms with Crippen LogP contribution in [-0.2, 0) is 16.1 Å². The number of rotatable bonds is 9. The lowest BCUT2D eigenvalue weighted by Crippen LogP contribution is -2.48. The summed E-state index contributed by atoms with van der Waals surface area (Å²) in [7, 11) is 3.24. The molecule has 6 nitrogen and oxygen atoms in total. The van der Waals surface area contributed by atoms with E-state index in [9.17, 15) is 9.59 Å². The Balaban J connectivity index is 1.88. The second-order valence-corrected chi connectivity index (χ2v) is 7.80. The maximum atomic E-state index is 13.3. The molecule has 0 aliphatic carbocycles. The third-order valence-corrected chi connectivity index (χ3v) is 5.90. The first-order chi connectivity index (χ1) is 15.1. The number of piperidine rings is 1. The fraction of sp³-hybridized carbons (Fsp3) is 0.440. The number of hydrogen-bond donors (Lipinski definition) is 1. The van der Waals surface area contributed by atoms with E-state index in [0.717, 1.165) is 29.7 Å². The highest BCUT2D eigenvalue weighted by Gasteiger charge is 2.41. The number of methoxy groups -OCH3 is 2. The van der Waals surface area contributed by atoms with E-state index < -0.39 is 0 Å². The van der Waals surface area contributed by atoms with Crippen molar-refractivity contribution in [1.82, 2.24) is 10.2 Å². The predicted octanol–water partition coefficient (Wildman–Crippen LogP) is 4.10. The highest BCUT2D eigenvalue weighted by Crippen LogP contribution is 2.41. The fourth-order valence-electron chi connectivity index (χ4n) is 4.28. The number of carbonyl (C=O) groups is 2. The monoisotopic (exact) mass is 424 g/mol. The number of amides is 2. The Morgan fingerprint density at radius 2 is 1.74 bits per heavy atom. The number of likely N-dealkylation sites (tertiary alicyclic amines) is 1. The number of unbranched alkanes of at least 4 members (excludes halogenated alkanes) is 1. The summed E-state index contributed by atoms with van der Waals surface area (Å²) >= 11 is 0. The molecule has 0 spiro atoms. The van der Waals surface area contributed by atoms with Crippen LogP contribution < -0.4 is 14.8 Å². The van der Waals surface area contributed by atoms with Gasteiger partial charge in [-0.15, -0.1) is 0 Å². The summed E-state index contributed by atoms with van der Waals surface area (Å²) in [6.07, 6.45) is 2.77. The zero-order chi connectivity index (χ0) is 22.2. The fourth-order valence-corrected chi connectivity index (χ4v) is 4.28. The van der Waals surface area contributed by atoms with Crippen molar-refractivity contribution in [2.24, 2.45) is 5.92 Å². The molecule has 31 heavy (non-hydrogen) atoms.